The third-order valence-corrected chi connectivity index (χ3v) is 3.04. The van der Waals surface area contributed by atoms with Crippen LogP contribution in [0.25, 0.3) is 0 Å². The van der Waals surface area contributed by atoms with Crippen molar-refractivity contribution in [1.29, 1.82) is 0 Å². The fourth-order valence-electron chi connectivity index (χ4n) is 2.15. The minimum Gasteiger partial charge on any atom is -0.481 e. The molecule has 0 aromatic rings. The Kier molecular flexibility index (Phi) is 4.93. The van der Waals surface area contributed by atoms with E-state index in [9.17, 15) is 14.4 Å². The quantitative estimate of drug-likeness (QED) is 0.588. The van der Waals surface area contributed by atoms with Crippen LogP contribution in [0.3, 0.4) is 0 Å². The van der Waals surface area contributed by atoms with Crippen molar-refractivity contribution in [3.63, 3.8) is 0 Å². The lowest BCUT2D eigenvalue weighted by Crippen LogP contribution is -2.35. The van der Waals surface area contributed by atoms with Gasteiger partial charge in [0.15, 0.2) is 0 Å². The summed E-state index contributed by atoms with van der Waals surface area (Å²) in [4.78, 5) is 32.8. The number of aliphatic carboxylic acids is 2. The zero-order valence-electron chi connectivity index (χ0n) is 9.52. The van der Waals surface area contributed by atoms with Gasteiger partial charge in [-0.25, -0.2) is 0 Å². The van der Waals surface area contributed by atoms with E-state index in [1.54, 1.807) is 0 Å². The van der Waals surface area contributed by atoms with Gasteiger partial charge in [-0.3, -0.25) is 14.4 Å². The summed E-state index contributed by atoms with van der Waals surface area (Å²) in [6.45, 7) is 0.286. The second kappa shape index (κ2) is 6.22. The highest BCUT2D eigenvalue weighted by atomic mass is 16.4. The van der Waals surface area contributed by atoms with Crippen LogP contribution in [0.1, 0.15) is 32.1 Å². The van der Waals surface area contributed by atoms with Gasteiger partial charge < -0.3 is 15.5 Å². The maximum absolute atomic E-state index is 11.7. The average Bonchev–Trinajstić information content (AvgIpc) is 2.72. The Labute approximate surface area is 99.0 Å². The molecule has 6 heteroatoms. The molecule has 17 heavy (non-hydrogen) atoms. The number of rotatable bonds is 6. The largest absolute Gasteiger partial charge is 0.481 e. The van der Waals surface area contributed by atoms with Crippen LogP contribution in [0.5, 0.6) is 0 Å². The highest BCUT2D eigenvalue weighted by Crippen LogP contribution is 2.31. The summed E-state index contributed by atoms with van der Waals surface area (Å²) in [6.07, 6.45) is 2.27. The zero-order valence-corrected chi connectivity index (χ0v) is 9.52. The van der Waals surface area contributed by atoms with E-state index in [0.717, 1.165) is 6.42 Å². The second-order valence-electron chi connectivity index (χ2n) is 4.27. The number of carboxylic acids is 2. The van der Waals surface area contributed by atoms with Gasteiger partial charge in [0, 0.05) is 13.0 Å². The van der Waals surface area contributed by atoms with E-state index in [4.69, 9.17) is 10.2 Å². The summed E-state index contributed by atoms with van der Waals surface area (Å²) >= 11 is 0. The summed E-state index contributed by atoms with van der Waals surface area (Å²) < 4.78 is 0. The number of nitrogens with one attached hydrogen (secondary N) is 1. The molecule has 0 bridgehead atoms. The highest BCUT2D eigenvalue weighted by molar-refractivity contribution is 5.85. The first-order valence-corrected chi connectivity index (χ1v) is 5.74. The Bertz CT molecular complexity index is 315. The molecule has 1 amide bonds. The Morgan fingerprint density at radius 1 is 1.12 bits per heavy atom. The lowest BCUT2D eigenvalue weighted by Gasteiger charge is -2.15. The molecule has 0 spiro atoms. The smallest absolute Gasteiger partial charge is 0.307 e. The van der Waals surface area contributed by atoms with Crippen molar-refractivity contribution >= 4 is 17.8 Å². The molecule has 0 aromatic carbocycles. The number of hydrogen-bond acceptors (Lipinski definition) is 3. The molecular weight excluding hydrogens is 226 g/mol. The van der Waals surface area contributed by atoms with Gasteiger partial charge in [0.1, 0.15) is 0 Å². The summed E-state index contributed by atoms with van der Waals surface area (Å²) in [7, 11) is 0. The van der Waals surface area contributed by atoms with E-state index in [1.807, 2.05) is 0 Å². The zero-order chi connectivity index (χ0) is 12.8. The Morgan fingerprint density at radius 3 is 2.35 bits per heavy atom. The number of hydrogen-bond donors (Lipinski definition) is 3. The summed E-state index contributed by atoms with van der Waals surface area (Å²) in [5.41, 5.74) is 0. The molecule has 0 aliphatic heterocycles. The molecule has 3 N–H and O–H groups in total. The monoisotopic (exact) mass is 243 g/mol. The lowest BCUT2D eigenvalue weighted by atomic mass is 9.95. The molecule has 0 radical (unpaired) electrons. The predicted octanol–water partition coefficient (Wildman–Crippen LogP) is 0.468. The van der Waals surface area contributed by atoms with Crippen molar-refractivity contribution in [3.8, 4) is 0 Å². The molecule has 2 atom stereocenters. The minimum atomic E-state index is -0.923. The van der Waals surface area contributed by atoms with E-state index < -0.39 is 23.8 Å². The van der Waals surface area contributed by atoms with Gasteiger partial charge in [-0.2, -0.15) is 0 Å². The summed E-state index contributed by atoms with van der Waals surface area (Å²) in [6, 6.07) is 0. The van der Waals surface area contributed by atoms with Crippen LogP contribution in [-0.4, -0.2) is 34.6 Å². The number of amides is 1. The predicted molar refractivity (Wildman–Crippen MR) is 58.3 cm³/mol. The van der Waals surface area contributed by atoms with Crippen molar-refractivity contribution in [2.45, 2.75) is 32.1 Å². The maximum atomic E-state index is 11.7. The third-order valence-electron chi connectivity index (χ3n) is 3.04. The maximum Gasteiger partial charge on any atom is 0.307 e. The molecule has 0 saturated heterocycles. The fourth-order valence-corrected chi connectivity index (χ4v) is 2.15. The normalized spacial score (nSPS) is 23.3. The fraction of sp³-hybridized carbons (Fsp3) is 0.727. The standard InChI is InChI=1S/C11H17NO5/c13-9(14)5-2-6-12-10(15)7-3-1-4-8(7)11(16)17/h7-8H,1-6H2,(H,12,15)(H,13,14)(H,16,17). The van der Waals surface area contributed by atoms with Crippen LogP contribution < -0.4 is 5.32 Å². The molecule has 0 aromatic heterocycles. The third kappa shape index (κ3) is 4.05. The van der Waals surface area contributed by atoms with Gasteiger partial charge in [0.05, 0.1) is 11.8 Å². The first-order chi connectivity index (χ1) is 8.02. The van der Waals surface area contributed by atoms with Crippen LogP contribution in [0.2, 0.25) is 0 Å². The number of carbonyl (C=O) groups excluding carboxylic acids is 1. The van der Waals surface area contributed by atoms with Crippen molar-refractivity contribution in [2.24, 2.45) is 11.8 Å². The molecule has 1 aliphatic rings. The molecule has 0 heterocycles. The van der Waals surface area contributed by atoms with E-state index in [1.165, 1.54) is 0 Å². The SMILES string of the molecule is O=C(O)CCCNC(=O)C1CCCC1C(=O)O. The second-order valence-corrected chi connectivity index (χ2v) is 4.27. The van der Waals surface area contributed by atoms with Crippen molar-refractivity contribution in [1.82, 2.24) is 5.32 Å². The van der Waals surface area contributed by atoms with Gasteiger partial charge >= 0.3 is 11.9 Å². The molecule has 2 unspecified atom stereocenters. The summed E-state index contributed by atoms with van der Waals surface area (Å²) in [5, 5.41) is 19.9. The first kappa shape index (κ1) is 13.5. The average molecular weight is 243 g/mol. The topological polar surface area (TPSA) is 104 Å². The molecule has 1 fully saturated rings. The van der Waals surface area contributed by atoms with Gasteiger partial charge in [-0.05, 0) is 19.3 Å². The Balaban J connectivity index is 2.32. The van der Waals surface area contributed by atoms with Crippen LogP contribution >= 0.6 is 0 Å². The van der Waals surface area contributed by atoms with Gasteiger partial charge in [0.25, 0.3) is 0 Å². The highest BCUT2D eigenvalue weighted by Gasteiger charge is 2.37. The van der Waals surface area contributed by atoms with E-state index in [2.05, 4.69) is 5.32 Å². The molecule has 96 valence electrons. The van der Waals surface area contributed by atoms with Gasteiger partial charge in [-0.1, -0.05) is 6.42 Å². The Hall–Kier alpha value is -1.59. The van der Waals surface area contributed by atoms with E-state index >= 15 is 0 Å². The van der Waals surface area contributed by atoms with E-state index in [-0.39, 0.29) is 18.9 Å². The van der Waals surface area contributed by atoms with Crippen LogP contribution in [-0.2, 0) is 14.4 Å². The Morgan fingerprint density at radius 2 is 1.76 bits per heavy atom. The molecule has 6 nitrogen and oxygen atoms in total. The number of carboxylic acid groups (broad SMARTS) is 2. The molecule has 1 saturated carbocycles. The van der Waals surface area contributed by atoms with Crippen LogP contribution in [0.4, 0.5) is 0 Å². The van der Waals surface area contributed by atoms with Crippen LogP contribution in [0, 0.1) is 11.8 Å². The lowest BCUT2D eigenvalue weighted by molar-refractivity contribution is -0.146. The van der Waals surface area contributed by atoms with Crippen molar-refractivity contribution < 1.29 is 24.6 Å². The first-order valence-electron chi connectivity index (χ1n) is 5.74. The van der Waals surface area contributed by atoms with Crippen molar-refractivity contribution in [2.75, 3.05) is 6.54 Å². The molecule has 1 rings (SSSR count). The number of carbonyl (C=O) groups is 3. The van der Waals surface area contributed by atoms with Gasteiger partial charge in [-0.15, -0.1) is 0 Å². The summed E-state index contributed by atoms with van der Waals surface area (Å²) in [5.74, 6) is -3.14. The van der Waals surface area contributed by atoms with E-state index in [0.29, 0.717) is 19.3 Å². The van der Waals surface area contributed by atoms with Crippen LogP contribution in [0.15, 0.2) is 0 Å². The minimum absolute atomic E-state index is 0.00725. The molecule has 1 aliphatic carbocycles. The molecular formula is C11H17NO5. The van der Waals surface area contributed by atoms with Crippen molar-refractivity contribution in [3.05, 3.63) is 0 Å². The van der Waals surface area contributed by atoms with Gasteiger partial charge in [0.2, 0.25) is 5.91 Å².